The van der Waals surface area contributed by atoms with Crippen molar-refractivity contribution in [3.8, 4) is 0 Å². The molecule has 2 aliphatic heterocycles. The van der Waals surface area contributed by atoms with E-state index in [1.54, 1.807) is 12.3 Å². The van der Waals surface area contributed by atoms with Gasteiger partial charge < -0.3 is 15.3 Å². The molecular weight excluding hydrogens is 242 g/mol. The molecule has 0 saturated carbocycles. The second kappa shape index (κ2) is 4.81. The standard InChI is InChI=1S/C14H19N3O2/c1-15-9-2-5-13(16-8-9)14(19)17-10-3-4-11(17)7-12(18)6-10/h2,5,8,10-12,15,18H,3-4,6-7H2,1H3. The highest BCUT2D eigenvalue weighted by Gasteiger charge is 2.43. The highest BCUT2D eigenvalue weighted by molar-refractivity contribution is 5.93. The smallest absolute Gasteiger partial charge is 0.272 e. The quantitative estimate of drug-likeness (QED) is 0.841. The Morgan fingerprint density at radius 2 is 2.05 bits per heavy atom. The summed E-state index contributed by atoms with van der Waals surface area (Å²) < 4.78 is 0. The summed E-state index contributed by atoms with van der Waals surface area (Å²) in [6, 6.07) is 4.00. The van der Waals surface area contributed by atoms with Crippen molar-refractivity contribution in [3.63, 3.8) is 0 Å². The van der Waals surface area contributed by atoms with Gasteiger partial charge in [0.2, 0.25) is 0 Å². The number of aliphatic hydroxyl groups is 1. The summed E-state index contributed by atoms with van der Waals surface area (Å²) in [6.45, 7) is 0. The lowest BCUT2D eigenvalue weighted by Crippen LogP contribution is -2.48. The molecule has 2 N–H and O–H groups in total. The molecule has 2 atom stereocenters. The van der Waals surface area contributed by atoms with E-state index in [2.05, 4.69) is 10.3 Å². The van der Waals surface area contributed by atoms with E-state index in [0.717, 1.165) is 18.5 Å². The first-order valence-corrected chi connectivity index (χ1v) is 6.83. The summed E-state index contributed by atoms with van der Waals surface area (Å²) in [5.74, 6) is 0.00190. The summed E-state index contributed by atoms with van der Waals surface area (Å²) in [4.78, 5) is 18.7. The van der Waals surface area contributed by atoms with Gasteiger partial charge in [-0.15, -0.1) is 0 Å². The van der Waals surface area contributed by atoms with Crippen molar-refractivity contribution in [1.82, 2.24) is 9.88 Å². The van der Waals surface area contributed by atoms with E-state index in [4.69, 9.17) is 0 Å². The summed E-state index contributed by atoms with van der Waals surface area (Å²) in [6.07, 6.45) is 4.84. The Labute approximate surface area is 112 Å². The van der Waals surface area contributed by atoms with E-state index < -0.39 is 0 Å². The second-order valence-corrected chi connectivity index (χ2v) is 5.40. The first-order chi connectivity index (χ1) is 9.19. The monoisotopic (exact) mass is 261 g/mol. The minimum Gasteiger partial charge on any atom is -0.393 e. The van der Waals surface area contributed by atoms with E-state index in [1.807, 2.05) is 18.0 Å². The van der Waals surface area contributed by atoms with Crippen LogP contribution in [0.25, 0.3) is 0 Å². The number of fused-ring (bicyclic) bond motifs is 2. The van der Waals surface area contributed by atoms with Crippen molar-refractivity contribution >= 4 is 11.6 Å². The molecule has 19 heavy (non-hydrogen) atoms. The SMILES string of the molecule is CNc1ccc(C(=O)N2C3CCC2CC(O)C3)nc1. The van der Waals surface area contributed by atoms with E-state index in [9.17, 15) is 9.90 Å². The molecule has 0 aliphatic carbocycles. The van der Waals surface area contributed by atoms with Gasteiger partial charge in [-0.25, -0.2) is 4.98 Å². The van der Waals surface area contributed by atoms with Crippen LogP contribution in [0.1, 0.15) is 36.2 Å². The molecule has 5 heteroatoms. The third-order valence-electron chi connectivity index (χ3n) is 4.21. The molecule has 0 aromatic carbocycles. The zero-order chi connectivity index (χ0) is 13.4. The van der Waals surface area contributed by atoms with E-state index in [-0.39, 0.29) is 24.1 Å². The Morgan fingerprint density at radius 1 is 1.37 bits per heavy atom. The maximum absolute atomic E-state index is 12.5. The van der Waals surface area contributed by atoms with E-state index in [0.29, 0.717) is 18.5 Å². The van der Waals surface area contributed by atoms with Crippen LogP contribution in [-0.2, 0) is 0 Å². The number of piperidine rings is 1. The molecule has 3 heterocycles. The summed E-state index contributed by atoms with van der Waals surface area (Å²) in [5.41, 5.74) is 1.39. The number of anilines is 1. The van der Waals surface area contributed by atoms with Crippen molar-refractivity contribution in [2.45, 2.75) is 43.9 Å². The lowest BCUT2D eigenvalue weighted by molar-refractivity contribution is 0.0282. The van der Waals surface area contributed by atoms with Crippen LogP contribution >= 0.6 is 0 Å². The number of hydrogen-bond acceptors (Lipinski definition) is 4. The van der Waals surface area contributed by atoms with Crippen molar-refractivity contribution in [1.29, 1.82) is 0 Å². The molecule has 2 unspecified atom stereocenters. The number of pyridine rings is 1. The average molecular weight is 261 g/mol. The van der Waals surface area contributed by atoms with Crippen molar-refractivity contribution in [2.75, 3.05) is 12.4 Å². The van der Waals surface area contributed by atoms with Gasteiger partial charge in [0, 0.05) is 19.1 Å². The molecule has 0 spiro atoms. The molecular formula is C14H19N3O2. The molecule has 2 saturated heterocycles. The third kappa shape index (κ3) is 2.18. The lowest BCUT2D eigenvalue weighted by Gasteiger charge is -2.37. The summed E-state index contributed by atoms with van der Waals surface area (Å²) in [7, 11) is 1.82. The van der Waals surface area contributed by atoms with Gasteiger partial charge in [0.05, 0.1) is 18.0 Å². The van der Waals surface area contributed by atoms with Crippen LogP contribution in [0.3, 0.4) is 0 Å². The Hall–Kier alpha value is -1.62. The molecule has 2 fully saturated rings. The third-order valence-corrected chi connectivity index (χ3v) is 4.21. The van der Waals surface area contributed by atoms with Crippen LogP contribution in [0.4, 0.5) is 5.69 Å². The van der Waals surface area contributed by atoms with Crippen molar-refractivity contribution in [3.05, 3.63) is 24.0 Å². The highest BCUT2D eigenvalue weighted by atomic mass is 16.3. The second-order valence-electron chi connectivity index (χ2n) is 5.40. The van der Waals surface area contributed by atoms with Gasteiger partial charge in [0.1, 0.15) is 5.69 Å². The number of rotatable bonds is 2. The molecule has 1 aromatic rings. The van der Waals surface area contributed by atoms with Gasteiger partial charge in [0.15, 0.2) is 0 Å². The van der Waals surface area contributed by atoms with Crippen LogP contribution in [0.2, 0.25) is 0 Å². The number of carbonyl (C=O) groups excluding carboxylic acids is 1. The molecule has 2 bridgehead atoms. The first-order valence-electron chi connectivity index (χ1n) is 6.83. The first kappa shape index (κ1) is 12.4. The Balaban J connectivity index is 1.80. The molecule has 1 amide bonds. The van der Waals surface area contributed by atoms with Crippen molar-refractivity contribution in [2.24, 2.45) is 0 Å². The number of hydrogen-bond donors (Lipinski definition) is 2. The van der Waals surface area contributed by atoms with Crippen LogP contribution in [0.15, 0.2) is 18.3 Å². The topological polar surface area (TPSA) is 65.5 Å². The Morgan fingerprint density at radius 3 is 2.58 bits per heavy atom. The van der Waals surface area contributed by atoms with E-state index in [1.165, 1.54) is 0 Å². The zero-order valence-electron chi connectivity index (χ0n) is 11.0. The number of amides is 1. The average Bonchev–Trinajstić information content (AvgIpc) is 2.70. The lowest BCUT2D eigenvalue weighted by atomic mass is 9.99. The van der Waals surface area contributed by atoms with Gasteiger partial charge in [-0.05, 0) is 37.8 Å². The highest BCUT2D eigenvalue weighted by Crippen LogP contribution is 2.36. The minimum absolute atomic E-state index is 0.00190. The van der Waals surface area contributed by atoms with Gasteiger partial charge >= 0.3 is 0 Å². The van der Waals surface area contributed by atoms with Gasteiger partial charge in [-0.3, -0.25) is 4.79 Å². The van der Waals surface area contributed by atoms with Gasteiger partial charge in [-0.1, -0.05) is 0 Å². The maximum atomic E-state index is 12.5. The zero-order valence-corrected chi connectivity index (χ0v) is 11.0. The van der Waals surface area contributed by atoms with Crippen LogP contribution in [0.5, 0.6) is 0 Å². The van der Waals surface area contributed by atoms with Crippen LogP contribution in [0, 0.1) is 0 Å². The molecule has 3 rings (SSSR count). The summed E-state index contributed by atoms with van der Waals surface area (Å²) in [5, 5.41) is 12.8. The van der Waals surface area contributed by atoms with Gasteiger partial charge in [0.25, 0.3) is 5.91 Å². The molecule has 0 radical (unpaired) electrons. The molecule has 2 aliphatic rings. The predicted molar refractivity (Wildman–Crippen MR) is 72.0 cm³/mol. The summed E-state index contributed by atoms with van der Waals surface area (Å²) >= 11 is 0. The number of aliphatic hydroxyl groups excluding tert-OH is 1. The van der Waals surface area contributed by atoms with Crippen LogP contribution in [-0.4, -0.2) is 46.1 Å². The minimum atomic E-state index is -0.249. The normalized spacial score (nSPS) is 29.4. The van der Waals surface area contributed by atoms with Crippen LogP contribution < -0.4 is 5.32 Å². The largest absolute Gasteiger partial charge is 0.393 e. The fraction of sp³-hybridized carbons (Fsp3) is 0.571. The number of aromatic nitrogens is 1. The fourth-order valence-electron chi connectivity index (χ4n) is 3.28. The fourth-order valence-corrected chi connectivity index (χ4v) is 3.28. The Bertz CT molecular complexity index is 460. The van der Waals surface area contributed by atoms with Gasteiger partial charge in [-0.2, -0.15) is 0 Å². The Kier molecular flexibility index (Phi) is 3.14. The number of nitrogens with one attached hydrogen (secondary N) is 1. The number of nitrogens with zero attached hydrogens (tertiary/aromatic N) is 2. The molecule has 1 aromatic heterocycles. The number of carbonyl (C=O) groups is 1. The van der Waals surface area contributed by atoms with Crippen molar-refractivity contribution < 1.29 is 9.90 Å². The molecule has 102 valence electrons. The maximum Gasteiger partial charge on any atom is 0.272 e. The predicted octanol–water partition coefficient (Wildman–Crippen LogP) is 1.25. The molecule has 5 nitrogen and oxygen atoms in total. The van der Waals surface area contributed by atoms with E-state index >= 15 is 0 Å².